The van der Waals surface area contributed by atoms with Gasteiger partial charge in [-0.25, -0.2) is 21.6 Å². The minimum absolute atomic E-state index is 0.0622. The zero-order valence-electron chi connectivity index (χ0n) is 19.6. The van der Waals surface area contributed by atoms with Gasteiger partial charge < -0.3 is 14.8 Å². The van der Waals surface area contributed by atoms with Crippen molar-refractivity contribution in [3.05, 3.63) is 41.4 Å². The minimum atomic E-state index is -3.92. The summed E-state index contributed by atoms with van der Waals surface area (Å²) < 4.78 is 63.9. The largest absolute Gasteiger partial charge is 0.495 e. The van der Waals surface area contributed by atoms with Gasteiger partial charge in [-0.2, -0.15) is 0 Å². The SMILES string of the molecule is COc1ccc(N([C@@H](C)C(=O)Nc2cc(S(=O)(=O)NC(C)C)ccc2OC)S(C)(=O)=O)cc1Cl. The lowest BCUT2D eigenvalue weighted by atomic mass is 10.2. The third-order valence-electron chi connectivity index (χ3n) is 4.61. The molecular weight excluding hydrogens is 506 g/mol. The van der Waals surface area contributed by atoms with Crippen LogP contribution in [0.4, 0.5) is 11.4 Å². The maximum absolute atomic E-state index is 13.1. The highest BCUT2D eigenvalue weighted by Gasteiger charge is 2.30. The summed E-state index contributed by atoms with van der Waals surface area (Å²) in [4.78, 5) is 13.0. The average molecular weight is 534 g/mol. The van der Waals surface area contributed by atoms with Gasteiger partial charge in [0.15, 0.2) is 0 Å². The first-order valence-electron chi connectivity index (χ1n) is 10.1. The van der Waals surface area contributed by atoms with Crippen molar-refractivity contribution in [2.24, 2.45) is 0 Å². The van der Waals surface area contributed by atoms with Gasteiger partial charge in [-0.3, -0.25) is 9.10 Å². The second-order valence-electron chi connectivity index (χ2n) is 7.68. The predicted octanol–water partition coefficient (Wildman–Crippen LogP) is 2.84. The molecule has 2 aromatic rings. The molecule has 0 saturated heterocycles. The lowest BCUT2D eigenvalue weighted by Crippen LogP contribution is -2.45. The molecule has 188 valence electrons. The number of benzene rings is 2. The fourth-order valence-corrected chi connectivity index (χ4v) is 5.86. The topological polar surface area (TPSA) is 131 Å². The Morgan fingerprint density at radius 3 is 2.06 bits per heavy atom. The Labute approximate surface area is 205 Å². The van der Waals surface area contributed by atoms with Crippen LogP contribution in [-0.4, -0.2) is 55.3 Å². The van der Waals surface area contributed by atoms with Gasteiger partial charge in [0.25, 0.3) is 0 Å². The van der Waals surface area contributed by atoms with Gasteiger partial charge in [0, 0.05) is 6.04 Å². The van der Waals surface area contributed by atoms with Crippen molar-refractivity contribution in [2.45, 2.75) is 37.8 Å². The molecule has 0 saturated carbocycles. The predicted molar refractivity (Wildman–Crippen MR) is 132 cm³/mol. The molecule has 0 radical (unpaired) electrons. The van der Waals surface area contributed by atoms with Crippen LogP contribution in [0.2, 0.25) is 5.02 Å². The van der Waals surface area contributed by atoms with Gasteiger partial charge in [0.05, 0.1) is 41.8 Å². The number of ether oxygens (including phenoxy) is 2. The van der Waals surface area contributed by atoms with E-state index in [1.807, 2.05) is 0 Å². The zero-order valence-corrected chi connectivity index (χ0v) is 22.0. The van der Waals surface area contributed by atoms with Gasteiger partial charge in [-0.1, -0.05) is 11.6 Å². The normalized spacial score (nSPS) is 12.8. The van der Waals surface area contributed by atoms with E-state index in [1.54, 1.807) is 13.8 Å². The summed E-state index contributed by atoms with van der Waals surface area (Å²) in [6.45, 7) is 4.75. The number of hydrogen-bond acceptors (Lipinski definition) is 7. The summed E-state index contributed by atoms with van der Waals surface area (Å²) in [5.41, 5.74) is 0.215. The molecule has 0 heterocycles. The van der Waals surface area contributed by atoms with Crippen molar-refractivity contribution >= 4 is 48.9 Å². The fraction of sp³-hybridized carbons (Fsp3) is 0.381. The number of rotatable bonds is 10. The molecule has 0 spiro atoms. The summed E-state index contributed by atoms with van der Waals surface area (Å²) in [5.74, 6) is -0.182. The Bertz CT molecular complexity index is 1270. The standard InChI is InChI=1S/C21H28ClN3O7S2/c1-13(2)24-34(29,30)16-8-10-20(32-5)18(12-16)23-21(26)14(3)25(33(6,27)28)15-7-9-19(31-4)17(22)11-15/h7-14,24H,1-6H3,(H,23,26)/t14-/m0/s1. The molecule has 0 aliphatic heterocycles. The number of nitrogens with one attached hydrogen (secondary N) is 2. The lowest BCUT2D eigenvalue weighted by Gasteiger charge is -2.28. The molecule has 0 bridgehead atoms. The van der Waals surface area contributed by atoms with Crippen LogP contribution >= 0.6 is 11.6 Å². The van der Waals surface area contributed by atoms with Crippen molar-refractivity contribution in [2.75, 3.05) is 30.1 Å². The van der Waals surface area contributed by atoms with Crippen LogP contribution < -0.4 is 23.8 Å². The van der Waals surface area contributed by atoms with Crippen molar-refractivity contribution < 1.29 is 31.1 Å². The van der Waals surface area contributed by atoms with Crippen molar-refractivity contribution in [3.63, 3.8) is 0 Å². The second-order valence-corrected chi connectivity index (χ2v) is 11.7. The van der Waals surface area contributed by atoms with Crippen LogP contribution in [0, 0.1) is 0 Å². The molecule has 0 fully saturated rings. The number of carbonyl (C=O) groups is 1. The first-order chi connectivity index (χ1) is 15.7. The van der Waals surface area contributed by atoms with Gasteiger partial charge in [-0.15, -0.1) is 0 Å². The Morgan fingerprint density at radius 1 is 0.971 bits per heavy atom. The van der Waals surface area contributed by atoms with E-state index in [4.69, 9.17) is 21.1 Å². The van der Waals surface area contributed by atoms with Crippen LogP contribution in [0.3, 0.4) is 0 Å². The highest BCUT2D eigenvalue weighted by molar-refractivity contribution is 7.92. The van der Waals surface area contributed by atoms with Crippen molar-refractivity contribution in [1.82, 2.24) is 4.72 Å². The minimum Gasteiger partial charge on any atom is -0.495 e. The third-order valence-corrected chi connectivity index (χ3v) is 7.80. The molecule has 0 unspecified atom stereocenters. The maximum Gasteiger partial charge on any atom is 0.248 e. The number of nitrogens with zero attached hydrogens (tertiary/aromatic N) is 1. The number of methoxy groups -OCH3 is 2. The molecule has 2 N–H and O–H groups in total. The number of anilines is 2. The molecule has 1 amide bonds. The highest BCUT2D eigenvalue weighted by atomic mass is 35.5. The third kappa shape index (κ3) is 6.53. The van der Waals surface area contributed by atoms with E-state index in [0.717, 1.165) is 10.6 Å². The van der Waals surface area contributed by atoms with Gasteiger partial charge in [-0.05, 0) is 57.2 Å². The molecule has 2 rings (SSSR count). The smallest absolute Gasteiger partial charge is 0.248 e. The summed E-state index contributed by atoms with van der Waals surface area (Å²) in [6.07, 6.45) is 0.959. The van der Waals surface area contributed by atoms with E-state index in [0.29, 0.717) is 5.75 Å². The molecule has 0 aliphatic carbocycles. The maximum atomic E-state index is 13.1. The molecule has 0 aliphatic rings. The molecule has 1 atom stereocenters. The van der Waals surface area contributed by atoms with E-state index in [9.17, 15) is 21.6 Å². The van der Waals surface area contributed by atoms with E-state index in [-0.39, 0.29) is 33.1 Å². The highest BCUT2D eigenvalue weighted by Crippen LogP contribution is 2.32. The number of carbonyl (C=O) groups excluding carboxylic acids is 1. The van der Waals surface area contributed by atoms with E-state index in [2.05, 4.69) is 10.0 Å². The summed E-state index contributed by atoms with van der Waals surface area (Å²) in [5, 5.41) is 2.73. The molecule has 2 aromatic carbocycles. The molecular formula is C21H28ClN3O7S2. The van der Waals surface area contributed by atoms with Gasteiger partial charge in [0.2, 0.25) is 26.0 Å². The van der Waals surface area contributed by atoms with Crippen LogP contribution in [0.15, 0.2) is 41.3 Å². The van der Waals surface area contributed by atoms with E-state index < -0.39 is 32.0 Å². The van der Waals surface area contributed by atoms with Crippen LogP contribution in [0.25, 0.3) is 0 Å². The second kappa shape index (κ2) is 10.8. The van der Waals surface area contributed by atoms with E-state index in [1.165, 1.54) is 57.5 Å². The van der Waals surface area contributed by atoms with Gasteiger partial charge >= 0.3 is 0 Å². The summed E-state index contributed by atoms with van der Waals surface area (Å²) in [7, 11) is -4.98. The molecule has 13 heteroatoms. The van der Waals surface area contributed by atoms with Crippen molar-refractivity contribution in [3.8, 4) is 11.5 Å². The van der Waals surface area contributed by atoms with Crippen LogP contribution in [0.1, 0.15) is 20.8 Å². The number of sulfonamides is 2. The Morgan fingerprint density at radius 2 is 1.56 bits per heavy atom. The van der Waals surface area contributed by atoms with Crippen LogP contribution in [0.5, 0.6) is 11.5 Å². The fourth-order valence-electron chi connectivity index (χ4n) is 3.17. The summed E-state index contributed by atoms with van der Waals surface area (Å²) >= 11 is 6.15. The van der Waals surface area contributed by atoms with Gasteiger partial charge in [0.1, 0.15) is 17.5 Å². The zero-order chi connectivity index (χ0) is 25.8. The first-order valence-corrected chi connectivity index (χ1v) is 13.8. The van der Waals surface area contributed by atoms with E-state index >= 15 is 0 Å². The summed E-state index contributed by atoms with van der Waals surface area (Å²) in [6, 6.07) is 6.72. The molecule has 0 aromatic heterocycles. The average Bonchev–Trinajstić information content (AvgIpc) is 2.72. The Balaban J connectivity index is 2.44. The molecule has 34 heavy (non-hydrogen) atoms. The van der Waals surface area contributed by atoms with Crippen LogP contribution in [-0.2, 0) is 24.8 Å². The number of amides is 1. The number of hydrogen-bond donors (Lipinski definition) is 2. The molecule has 10 nitrogen and oxygen atoms in total. The lowest BCUT2D eigenvalue weighted by molar-refractivity contribution is -0.116. The quantitative estimate of drug-likeness (QED) is 0.480. The first kappa shape index (κ1) is 27.7. The Hall–Kier alpha value is -2.54. The number of halogens is 1. The Kier molecular flexibility index (Phi) is 8.81. The monoisotopic (exact) mass is 533 g/mol. The van der Waals surface area contributed by atoms with Crippen molar-refractivity contribution in [1.29, 1.82) is 0 Å².